The first-order valence-electron chi connectivity index (χ1n) is 9.25. The second-order valence-corrected chi connectivity index (χ2v) is 7.25. The van der Waals surface area contributed by atoms with Crippen molar-refractivity contribution in [3.8, 4) is 0 Å². The highest BCUT2D eigenvalue weighted by Gasteiger charge is 2.28. The molecule has 0 saturated heterocycles. The molecule has 166 valence electrons. The standard InChI is InChI=1S/C19H26ClFN4O5/c1-12(2)10-14(23-19(29)30-11-13-6-4-3-5-7-13)17(27)24-25(9-8-15(22)26)18(28)16(20)21/h3-7,12,14,16H,8-11H2,1-2H3,(H2,22,26)(H,23,29)(H,24,27)/t14-,16+/m0/s1. The molecule has 1 aromatic rings. The molecule has 0 aliphatic rings. The molecule has 9 nitrogen and oxygen atoms in total. The number of benzene rings is 1. The number of rotatable bonds is 10. The number of halogens is 2. The maximum atomic E-state index is 13.2. The van der Waals surface area contributed by atoms with Crippen molar-refractivity contribution in [1.29, 1.82) is 0 Å². The summed E-state index contributed by atoms with van der Waals surface area (Å²) < 4.78 is 18.3. The van der Waals surface area contributed by atoms with E-state index in [1.165, 1.54) is 0 Å². The summed E-state index contributed by atoms with van der Waals surface area (Å²) in [5.74, 6) is -2.82. The zero-order valence-electron chi connectivity index (χ0n) is 16.8. The minimum absolute atomic E-state index is 0.00168. The van der Waals surface area contributed by atoms with Gasteiger partial charge in [-0.05, 0) is 17.9 Å². The third-order valence-corrected chi connectivity index (χ3v) is 3.99. The summed E-state index contributed by atoms with van der Waals surface area (Å²) in [6.45, 7) is 3.27. The van der Waals surface area contributed by atoms with Gasteiger partial charge in [0.25, 0.3) is 17.4 Å². The van der Waals surface area contributed by atoms with Crippen LogP contribution in [0.15, 0.2) is 30.3 Å². The van der Waals surface area contributed by atoms with Crippen molar-refractivity contribution in [1.82, 2.24) is 15.8 Å². The Morgan fingerprint density at radius 1 is 1.20 bits per heavy atom. The monoisotopic (exact) mass is 444 g/mol. The van der Waals surface area contributed by atoms with Crippen molar-refractivity contribution in [2.24, 2.45) is 11.7 Å². The third-order valence-electron chi connectivity index (χ3n) is 3.81. The minimum Gasteiger partial charge on any atom is -0.445 e. The molecule has 0 saturated carbocycles. The molecule has 1 rings (SSSR count). The molecule has 0 fully saturated rings. The molecule has 4 amide bonds. The Bertz CT molecular complexity index is 733. The summed E-state index contributed by atoms with van der Waals surface area (Å²) in [5.41, 5.74) is 5.55. The first kappa shape index (κ1) is 25.2. The molecule has 0 aromatic heterocycles. The van der Waals surface area contributed by atoms with E-state index >= 15 is 0 Å². The second-order valence-electron chi connectivity index (χ2n) is 6.87. The topological polar surface area (TPSA) is 131 Å². The van der Waals surface area contributed by atoms with Crippen LogP contribution in [-0.2, 0) is 25.7 Å². The van der Waals surface area contributed by atoms with Crippen LogP contribution in [0.2, 0.25) is 0 Å². The van der Waals surface area contributed by atoms with Crippen LogP contribution in [0, 0.1) is 5.92 Å². The maximum Gasteiger partial charge on any atom is 0.408 e. The number of nitrogens with two attached hydrogens (primary N) is 1. The van der Waals surface area contributed by atoms with E-state index in [-0.39, 0.29) is 31.9 Å². The summed E-state index contributed by atoms with van der Waals surface area (Å²) in [6, 6.07) is 7.86. The molecule has 30 heavy (non-hydrogen) atoms. The third kappa shape index (κ3) is 9.55. The van der Waals surface area contributed by atoms with Crippen molar-refractivity contribution in [3.05, 3.63) is 35.9 Å². The quantitative estimate of drug-likeness (QED) is 0.372. The summed E-state index contributed by atoms with van der Waals surface area (Å²) in [6.07, 6.45) is -0.948. The van der Waals surface area contributed by atoms with Crippen molar-refractivity contribution in [2.75, 3.05) is 6.54 Å². The number of hydrazine groups is 1. The van der Waals surface area contributed by atoms with E-state index in [0.29, 0.717) is 5.01 Å². The minimum atomic E-state index is -2.43. The molecule has 1 aromatic carbocycles. The van der Waals surface area contributed by atoms with Gasteiger partial charge in [0.1, 0.15) is 12.6 Å². The Balaban J connectivity index is 2.78. The van der Waals surface area contributed by atoms with Gasteiger partial charge in [-0.25, -0.2) is 14.2 Å². The first-order chi connectivity index (χ1) is 14.1. The second kappa shape index (κ2) is 12.6. The Hall–Kier alpha value is -2.88. The van der Waals surface area contributed by atoms with Crippen molar-refractivity contribution in [3.63, 3.8) is 0 Å². The molecule has 4 N–H and O–H groups in total. The van der Waals surface area contributed by atoms with E-state index in [9.17, 15) is 23.6 Å². The predicted molar refractivity (Wildman–Crippen MR) is 107 cm³/mol. The van der Waals surface area contributed by atoms with Crippen LogP contribution in [0.5, 0.6) is 0 Å². The number of amides is 4. The van der Waals surface area contributed by atoms with Gasteiger partial charge in [0, 0.05) is 6.42 Å². The number of hydrogen-bond donors (Lipinski definition) is 3. The van der Waals surface area contributed by atoms with E-state index in [1.54, 1.807) is 24.3 Å². The van der Waals surface area contributed by atoms with Gasteiger partial charge in [-0.1, -0.05) is 55.8 Å². The number of ether oxygens (including phenoxy) is 1. The van der Waals surface area contributed by atoms with Crippen LogP contribution >= 0.6 is 11.6 Å². The normalized spacial score (nSPS) is 12.6. The van der Waals surface area contributed by atoms with Gasteiger partial charge < -0.3 is 15.8 Å². The van der Waals surface area contributed by atoms with Crippen LogP contribution in [0.3, 0.4) is 0 Å². The maximum absolute atomic E-state index is 13.2. The molecule has 11 heteroatoms. The lowest BCUT2D eigenvalue weighted by Gasteiger charge is -2.26. The van der Waals surface area contributed by atoms with Crippen molar-refractivity contribution < 1.29 is 28.3 Å². The Labute approximate surface area is 179 Å². The number of carbonyl (C=O) groups excluding carboxylic acids is 4. The van der Waals surface area contributed by atoms with Gasteiger partial charge >= 0.3 is 6.09 Å². The lowest BCUT2D eigenvalue weighted by atomic mass is 10.0. The van der Waals surface area contributed by atoms with Crippen molar-refractivity contribution in [2.45, 2.75) is 45.0 Å². The molecule has 2 atom stereocenters. The highest BCUT2D eigenvalue weighted by Crippen LogP contribution is 2.08. The Morgan fingerprint density at radius 2 is 1.83 bits per heavy atom. The van der Waals surface area contributed by atoms with Crippen molar-refractivity contribution >= 4 is 35.4 Å². The number of nitrogens with zero attached hydrogens (tertiary/aromatic N) is 1. The first-order valence-corrected chi connectivity index (χ1v) is 9.69. The van der Waals surface area contributed by atoms with Crippen LogP contribution < -0.4 is 16.5 Å². The molecule has 0 radical (unpaired) electrons. The van der Waals surface area contributed by atoms with Crippen LogP contribution in [-0.4, -0.2) is 47.0 Å². The van der Waals surface area contributed by atoms with E-state index in [2.05, 4.69) is 10.7 Å². The summed E-state index contributed by atoms with van der Waals surface area (Å²) >= 11 is 5.15. The van der Waals surface area contributed by atoms with E-state index in [4.69, 9.17) is 22.1 Å². The summed E-state index contributed by atoms with van der Waals surface area (Å²) in [7, 11) is 0. The molecule has 0 unspecified atom stereocenters. The average Bonchev–Trinajstić information content (AvgIpc) is 2.68. The summed E-state index contributed by atoms with van der Waals surface area (Å²) in [4.78, 5) is 47.6. The summed E-state index contributed by atoms with van der Waals surface area (Å²) in [5, 5.41) is 2.99. The Kier molecular flexibility index (Phi) is 10.6. The lowest BCUT2D eigenvalue weighted by Crippen LogP contribution is -2.56. The highest BCUT2D eigenvalue weighted by atomic mass is 35.5. The average molecular weight is 445 g/mol. The van der Waals surface area contributed by atoms with Crippen LogP contribution in [0.4, 0.5) is 9.18 Å². The van der Waals surface area contributed by atoms with Gasteiger partial charge in [0.15, 0.2) is 0 Å². The van der Waals surface area contributed by atoms with E-state index in [0.717, 1.165) is 5.56 Å². The predicted octanol–water partition coefficient (Wildman–Crippen LogP) is 1.60. The van der Waals surface area contributed by atoms with Gasteiger partial charge in [-0.2, -0.15) is 0 Å². The fraction of sp³-hybridized carbons (Fsp3) is 0.474. The number of primary amides is 1. The molecule has 0 aliphatic heterocycles. The van der Waals surface area contributed by atoms with Gasteiger partial charge in [-0.15, -0.1) is 0 Å². The molecule has 0 heterocycles. The number of carbonyl (C=O) groups is 4. The SMILES string of the molecule is CC(C)C[C@H](NC(=O)OCc1ccccc1)C(=O)NN(CCC(N)=O)C(=O)[C@@H](F)Cl. The van der Waals surface area contributed by atoms with Crippen LogP contribution in [0.1, 0.15) is 32.3 Å². The van der Waals surface area contributed by atoms with E-state index in [1.807, 2.05) is 19.9 Å². The molecular formula is C19H26ClFN4O5. The van der Waals surface area contributed by atoms with Gasteiger partial charge in [-0.3, -0.25) is 19.8 Å². The molecular weight excluding hydrogens is 419 g/mol. The number of alkyl carbamates (subject to hydrolysis) is 1. The lowest BCUT2D eigenvalue weighted by molar-refractivity contribution is -0.144. The largest absolute Gasteiger partial charge is 0.445 e. The zero-order valence-corrected chi connectivity index (χ0v) is 17.5. The van der Waals surface area contributed by atoms with Gasteiger partial charge in [0.2, 0.25) is 5.91 Å². The highest BCUT2D eigenvalue weighted by molar-refractivity contribution is 6.29. The number of alkyl halides is 2. The smallest absolute Gasteiger partial charge is 0.408 e. The van der Waals surface area contributed by atoms with E-state index < -0.39 is 35.5 Å². The Morgan fingerprint density at radius 3 is 2.37 bits per heavy atom. The number of hydrogen-bond acceptors (Lipinski definition) is 5. The van der Waals surface area contributed by atoms with Crippen LogP contribution in [0.25, 0.3) is 0 Å². The fourth-order valence-corrected chi connectivity index (χ4v) is 2.50. The molecule has 0 spiro atoms. The fourth-order valence-electron chi connectivity index (χ4n) is 2.38. The molecule has 0 aliphatic carbocycles. The zero-order chi connectivity index (χ0) is 22.7. The van der Waals surface area contributed by atoms with Gasteiger partial charge in [0.05, 0.1) is 6.54 Å². The molecule has 0 bridgehead atoms. The number of nitrogens with one attached hydrogen (secondary N) is 2.